The van der Waals surface area contributed by atoms with Crippen molar-refractivity contribution in [3.63, 3.8) is 0 Å². The van der Waals surface area contributed by atoms with Crippen molar-refractivity contribution >= 4 is 53.5 Å². The number of benzene rings is 2. The van der Waals surface area contributed by atoms with E-state index in [9.17, 15) is 0 Å². The van der Waals surface area contributed by atoms with Crippen LogP contribution in [0.4, 0.5) is 5.69 Å². The zero-order valence-electron chi connectivity index (χ0n) is 11.9. The first kappa shape index (κ1) is 17.4. The summed E-state index contributed by atoms with van der Waals surface area (Å²) in [6, 6.07) is 10.1. The SMILES string of the molecule is C#CCOc1c(Br)cc(Br)cc1CNc1ccc(Br)cc1C. The van der Waals surface area contributed by atoms with E-state index >= 15 is 0 Å². The first-order valence-corrected chi connectivity index (χ1v) is 8.93. The van der Waals surface area contributed by atoms with Crippen LogP contribution in [0.25, 0.3) is 0 Å². The van der Waals surface area contributed by atoms with Crippen molar-refractivity contribution in [2.24, 2.45) is 0 Å². The van der Waals surface area contributed by atoms with E-state index in [4.69, 9.17) is 11.2 Å². The van der Waals surface area contributed by atoms with Gasteiger partial charge in [0.2, 0.25) is 0 Å². The molecule has 2 rings (SSSR count). The summed E-state index contributed by atoms with van der Waals surface area (Å²) in [5.41, 5.74) is 3.29. The van der Waals surface area contributed by atoms with Gasteiger partial charge in [-0.25, -0.2) is 0 Å². The molecule has 0 bridgehead atoms. The number of hydrogen-bond acceptors (Lipinski definition) is 2. The Morgan fingerprint density at radius 2 is 1.91 bits per heavy atom. The van der Waals surface area contributed by atoms with Gasteiger partial charge in [-0.2, -0.15) is 0 Å². The van der Waals surface area contributed by atoms with E-state index in [-0.39, 0.29) is 6.61 Å². The lowest BCUT2D eigenvalue weighted by Crippen LogP contribution is -2.05. The van der Waals surface area contributed by atoms with Crippen LogP contribution in [0.5, 0.6) is 5.75 Å². The summed E-state index contributed by atoms with van der Waals surface area (Å²) in [5, 5.41) is 3.43. The van der Waals surface area contributed by atoms with Crippen LogP contribution in [-0.4, -0.2) is 6.61 Å². The highest BCUT2D eigenvalue weighted by molar-refractivity contribution is 9.11. The number of nitrogens with one attached hydrogen (secondary N) is 1. The Morgan fingerprint density at radius 1 is 1.14 bits per heavy atom. The minimum absolute atomic E-state index is 0.241. The Labute approximate surface area is 156 Å². The van der Waals surface area contributed by atoms with Crippen molar-refractivity contribution in [2.75, 3.05) is 11.9 Å². The van der Waals surface area contributed by atoms with Gasteiger partial charge in [0, 0.05) is 26.7 Å². The van der Waals surface area contributed by atoms with Gasteiger partial charge in [-0.05, 0) is 58.7 Å². The van der Waals surface area contributed by atoms with Gasteiger partial charge in [-0.1, -0.05) is 37.8 Å². The van der Waals surface area contributed by atoms with Crippen LogP contribution in [0.3, 0.4) is 0 Å². The highest BCUT2D eigenvalue weighted by Gasteiger charge is 2.10. The van der Waals surface area contributed by atoms with Crippen molar-refractivity contribution in [3.05, 3.63) is 54.9 Å². The van der Waals surface area contributed by atoms with Gasteiger partial charge in [0.05, 0.1) is 4.47 Å². The van der Waals surface area contributed by atoms with Gasteiger partial charge in [-0.15, -0.1) is 6.42 Å². The molecular formula is C17H14Br3NO. The number of anilines is 1. The predicted molar refractivity (Wildman–Crippen MR) is 102 cm³/mol. The maximum absolute atomic E-state index is 5.66. The summed E-state index contributed by atoms with van der Waals surface area (Å²) in [5.74, 6) is 3.26. The summed E-state index contributed by atoms with van der Waals surface area (Å²) in [7, 11) is 0. The lowest BCUT2D eigenvalue weighted by molar-refractivity contribution is 0.364. The molecule has 0 atom stereocenters. The topological polar surface area (TPSA) is 21.3 Å². The van der Waals surface area contributed by atoms with E-state index in [1.165, 1.54) is 5.56 Å². The van der Waals surface area contributed by atoms with Crippen LogP contribution in [-0.2, 0) is 6.54 Å². The lowest BCUT2D eigenvalue weighted by Gasteiger charge is -2.15. The summed E-state index contributed by atoms with van der Waals surface area (Å²) in [4.78, 5) is 0. The number of halogens is 3. The highest BCUT2D eigenvalue weighted by atomic mass is 79.9. The lowest BCUT2D eigenvalue weighted by atomic mass is 10.1. The van der Waals surface area contributed by atoms with Crippen molar-refractivity contribution < 1.29 is 4.74 Å². The van der Waals surface area contributed by atoms with E-state index in [0.29, 0.717) is 6.54 Å². The molecule has 0 heterocycles. The molecule has 5 heteroatoms. The molecule has 114 valence electrons. The molecule has 22 heavy (non-hydrogen) atoms. The van der Waals surface area contributed by atoms with Gasteiger partial charge in [0.25, 0.3) is 0 Å². The summed E-state index contributed by atoms with van der Waals surface area (Å²) >= 11 is 10.5. The van der Waals surface area contributed by atoms with E-state index in [0.717, 1.165) is 30.4 Å². The van der Waals surface area contributed by atoms with Gasteiger partial charge in [0.1, 0.15) is 12.4 Å². The molecule has 2 nitrogen and oxygen atoms in total. The molecule has 0 amide bonds. The normalized spacial score (nSPS) is 10.1. The Kier molecular flexibility index (Phi) is 6.37. The molecule has 0 aliphatic carbocycles. The van der Waals surface area contributed by atoms with Crippen LogP contribution < -0.4 is 10.1 Å². The maximum atomic E-state index is 5.66. The molecular weight excluding hydrogens is 474 g/mol. The quantitative estimate of drug-likeness (QED) is 0.530. The fourth-order valence-corrected chi connectivity index (χ4v) is 3.94. The van der Waals surface area contributed by atoms with Gasteiger partial charge in [0.15, 0.2) is 0 Å². The van der Waals surface area contributed by atoms with Crippen LogP contribution >= 0.6 is 47.8 Å². The molecule has 0 saturated carbocycles. The summed E-state index contributed by atoms with van der Waals surface area (Å²) < 4.78 is 8.59. The largest absolute Gasteiger partial charge is 0.479 e. The molecule has 0 aliphatic rings. The van der Waals surface area contributed by atoms with Crippen molar-refractivity contribution in [3.8, 4) is 18.1 Å². The fourth-order valence-electron chi connectivity index (χ4n) is 2.04. The highest BCUT2D eigenvalue weighted by Crippen LogP contribution is 2.33. The first-order valence-electron chi connectivity index (χ1n) is 6.55. The molecule has 0 aromatic heterocycles. The molecule has 1 N–H and O–H groups in total. The third-order valence-electron chi connectivity index (χ3n) is 3.04. The molecule has 0 aliphatic heterocycles. The van der Waals surface area contributed by atoms with Crippen LogP contribution in [0.2, 0.25) is 0 Å². The fraction of sp³-hybridized carbons (Fsp3) is 0.176. The molecule has 0 unspecified atom stereocenters. The van der Waals surface area contributed by atoms with E-state index in [2.05, 4.69) is 78.1 Å². The van der Waals surface area contributed by atoms with Gasteiger partial charge >= 0.3 is 0 Å². The van der Waals surface area contributed by atoms with Crippen molar-refractivity contribution in [1.29, 1.82) is 0 Å². The van der Waals surface area contributed by atoms with E-state index < -0.39 is 0 Å². The molecule has 0 radical (unpaired) electrons. The van der Waals surface area contributed by atoms with Crippen LogP contribution in [0.15, 0.2) is 43.7 Å². The van der Waals surface area contributed by atoms with E-state index in [1.807, 2.05) is 18.2 Å². The molecule has 2 aromatic carbocycles. The molecule has 0 saturated heterocycles. The van der Waals surface area contributed by atoms with Gasteiger partial charge in [-0.3, -0.25) is 0 Å². The zero-order valence-corrected chi connectivity index (χ0v) is 16.7. The smallest absolute Gasteiger partial charge is 0.148 e. The summed E-state index contributed by atoms with van der Waals surface area (Å²) in [6.07, 6.45) is 5.29. The maximum Gasteiger partial charge on any atom is 0.148 e. The van der Waals surface area contributed by atoms with Crippen molar-refractivity contribution in [2.45, 2.75) is 13.5 Å². The van der Waals surface area contributed by atoms with Gasteiger partial charge < -0.3 is 10.1 Å². The van der Waals surface area contributed by atoms with Crippen LogP contribution in [0.1, 0.15) is 11.1 Å². The first-order chi connectivity index (χ1) is 10.5. The number of aryl methyl sites for hydroxylation is 1. The monoisotopic (exact) mass is 485 g/mol. The Hall–Kier alpha value is -0.960. The number of hydrogen-bond donors (Lipinski definition) is 1. The summed E-state index contributed by atoms with van der Waals surface area (Å²) in [6.45, 7) is 2.95. The third-order valence-corrected chi connectivity index (χ3v) is 4.58. The number of terminal acetylenes is 1. The van der Waals surface area contributed by atoms with Crippen molar-refractivity contribution in [1.82, 2.24) is 0 Å². The van der Waals surface area contributed by atoms with Crippen LogP contribution in [0, 0.1) is 19.3 Å². The average Bonchev–Trinajstić information content (AvgIpc) is 2.45. The number of ether oxygens (including phenoxy) is 1. The van der Waals surface area contributed by atoms with E-state index in [1.54, 1.807) is 0 Å². The third kappa shape index (κ3) is 4.52. The number of rotatable bonds is 5. The average molecular weight is 488 g/mol. The second-order valence-corrected chi connectivity index (χ2v) is 7.37. The minimum Gasteiger partial charge on any atom is -0.479 e. The second kappa shape index (κ2) is 8.05. The molecule has 0 spiro atoms. The second-order valence-electron chi connectivity index (χ2n) is 4.68. The molecule has 0 fully saturated rings. The standard InChI is InChI=1S/C17H14Br3NO/c1-3-6-22-17-12(8-14(19)9-15(17)20)10-21-16-5-4-13(18)7-11(16)2/h1,4-5,7-9,21H,6,10H2,2H3. The Morgan fingerprint density at radius 3 is 2.59 bits per heavy atom. The zero-order chi connectivity index (χ0) is 16.1. The Bertz CT molecular complexity index is 723. The predicted octanol–water partition coefficient (Wildman–Crippen LogP) is 5.91. The molecule has 2 aromatic rings. The Balaban J connectivity index is 2.23. The minimum atomic E-state index is 0.241.